The first kappa shape index (κ1) is 25.0. The maximum Gasteiger partial charge on any atom is 0.238 e. The molecule has 32 heavy (non-hydrogen) atoms. The Balaban J connectivity index is 1.80. The monoisotopic (exact) mass is 461 g/mol. The van der Waals surface area contributed by atoms with Gasteiger partial charge in [0.1, 0.15) is 0 Å². The molecule has 5 N–H and O–H groups in total. The molecule has 0 aliphatic carbocycles. The minimum Gasteiger partial charge on any atom is -0.326 e. The van der Waals surface area contributed by atoms with Crippen LogP contribution in [0.1, 0.15) is 20.3 Å². The molecule has 11 heteroatoms. The summed E-state index contributed by atoms with van der Waals surface area (Å²) in [7, 11) is -3.79. The Hall–Kier alpha value is -3.28. The quantitative estimate of drug-likeness (QED) is 0.422. The number of rotatable bonds is 10. The molecule has 0 aromatic heterocycles. The van der Waals surface area contributed by atoms with Crippen LogP contribution >= 0.6 is 0 Å². The van der Waals surface area contributed by atoms with E-state index in [1.165, 1.54) is 31.2 Å². The number of carbonyl (C=O) groups is 3. The van der Waals surface area contributed by atoms with Crippen molar-refractivity contribution >= 4 is 44.8 Å². The highest BCUT2D eigenvalue weighted by Crippen LogP contribution is 2.14. The van der Waals surface area contributed by atoms with E-state index >= 15 is 0 Å². The third-order valence-corrected chi connectivity index (χ3v) is 5.35. The summed E-state index contributed by atoms with van der Waals surface area (Å²) in [5.41, 5.74) is 1.68. The summed E-state index contributed by atoms with van der Waals surface area (Å²) >= 11 is 0. The van der Waals surface area contributed by atoms with Crippen molar-refractivity contribution < 1.29 is 22.8 Å². The lowest BCUT2D eigenvalue weighted by atomic mass is 10.2. The largest absolute Gasteiger partial charge is 0.326 e. The van der Waals surface area contributed by atoms with Crippen LogP contribution in [0.15, 0.2) is 53.4 Å². The Morgan fingerprint density at radius 1 is 0.844 bits per heavy atom. The highest BCUT2D eigenvalue weighted by molar-refractivity contribution is 7.89. The lowest BCUT2D eigenvalue weighted by Crippen LogP contribution is -2.35. The summed E-state index contributed by atoms with van der Waals surface area (Å²) < 4.78 is 22.5. The maximum atomic E-state index is 12.3. The van der Waals surface area contributed by atoms with Gasteiger partial charge >= 0.3 is 0 Å². The summed E-state index contributed by atoms with van der Waals surface area (Å²) in [5, 5.41) is 13.2. The van der Waals surface area contributed by atoms with Crippen LogP contribution in [0.5, 0.6) is 0 Å². The van der Waals surface area contributed by atoms with E-state index in [0.717, 1.165) is 0 Å². The number of nitrogens with zero attached hydrogens (tertiary/aromatic N) is 1. The van der Waals surface area contributed by atoms with Crippen LogP contribution in [0.2, 0.25) is 0 Å². The predicted octanol–water partition coefficient (Wildman–Crippen LogP) is 1.58. The highest BCUT2D eigenvalue weighted by Gasteiger charge is 2.12. The van der Waals surface area contributed by atoms with Crippen LogP contribution in [0.4, 0.5) is 17.1 Å². The molecule has 172 valence electrons. The molecular formula is C21H27N5O5S. The molecule has 0 unspecified atom stereocenters. The number of carbonyl (C=O) groups excluding carboxylic acids is 3. The van der Waals surface area contributed by atoms with Gasteiger partial charge in [0.25, 0.3) is 0 Å². The fourth-order valence-corrected chi connectivity index (χ4v) is 3.32. The molecule has 2 aromatic rings. The Bertz CT molecular complexity index is 1050. The fourth-order valence-electron chi connectivity index (χ4n) is 2.80. The summed E-state index contributed by atoms with van der Waals surface area (Å²) in [6, 6.07) is 12.3. The van der Waals surface area contributed by atoms with Gasteiger partial charge in [-0.2, -0.15) is 0 Å². The topological polar surface area (TPSA) is 151 Å². The van der Waals surface area contributed by atoms with E-state index in [4.69, 9.17) is 5.14 Å². The van der Waals surface area contributed by atoms with E-state index in [-0.39, 0.29) is 35.6 Å². The molecule has 0 aliphatic rings. The van der Waals surface area contributed by atoms with Crippen LogP contribution in [-0.4, -0.2) is 50.7 Å². The van der Waals surface area contributed by atoms with Crippen LogP contribution < -0.4 is 21.1 Å². The smallest absolute Gasteiger partial charge is 0.238 e. The first-order valence-corrected chi connectivity index (χ1v) is 11.4. The molecule has 0 saturated carbocycles. The zero-order valence-electron chi connectivity index (χ0n) is 17.9. The SMILES string of the molecule is CCN(CCC(=O)Nc1ccc(S(N)(=O)=O)cc1)CC(=O)Nc1ccc(NC(C)=O)cc1. The Labute approximate surface area is 187 Å². The average molecular weight is 462 g/mol. The van der Waals surface area contributed by atoms with E-state index < -0.39 is 10.0 Å². The molecule has 2 rings (SSSR count). The fraction of sp³-hybridized carbons (Fsp3) is 0.286. The molecule has 0 aliphatic heterocycles. The number of sulfonamides is 1. The molecule has 10 nitrogen and oxygen atoms in total. The van der Waals surface area contributed by atoms with E-state index in [1.54, 1.807) is 24.3 Å². The van der Waals surface area contributed by atoms with Crippen molar-refractivity contribution in [3.8, 4) is 0 Å². The molecule has 0 spiro atoms. The van der Waals surface area contributed by atoms with Gasteiger partial charge in [0.05, 0.1) is 11.4 Å². The molecule has 3 amide bonds. The summed E-state index contributed by atoms with van der Waals surface area (Å²) in [6.45, 7) is 4.36. The molecule has 0 saturated heterocycles. The zero-order valence-corrected chi connectivity index (χ0v) is 18.7. The van der Waals surface area contributed by atoms with Gasteiger partial charge in [-0.15, -0.1) is 0 Å². The number of primary sulfonamides is 1. The normalized spacial score (nSPS) is 11.1. The van der Waals surface area contributed by atoms with Gasteiger partial charge in [0.15, 0.2) is 0 Å². The average Bonchev–Trinajstić information content (AvgIpc) is 2.72. The van der Waals surface area contributed by atoms with Gasteiger partial charge in [-0.05, 0) is 55.1 Å². The Kier molecular flexibility index (Phi) is 8.88. The number of amides is 3. The lowest BCUT2D eigenvalue weighted by molar-refractivity contribution is -0.119. The van der Waals surface area contributed by atoms with Gasteiger partial charge in [-0.25, -0.2) is 13.6 Å². The van der Waals surface area contributed by atoms with E-state index in [9.17, 15) is 22.8 Å². The molecular weight excluding hydrogens is 434 g/mol. The first-order valence-electron chi connectivity index (χ1n) is 9.89. The van der Waals surface area contributed by atoms with Crippen molar-refractivity contribution in [3.63, 3.8) is 0 Å². The maximum absolute atomic E-state index is 12.3. The van der Waals surface area contributed by atoms with E-state index in [0.29, 0.717) is 30.2 Å². The van der Waals surface area contributed by atoms with Crippen LogP contribution in [0.3, 0.4) is 0 Å². The van der Waals surface area contributed by atoms with Crippen molar-refractivity contribution in [2.45, 2.75) is 25.2 Å². The molecule has 0 bridgehead atoms. The van der Waals surface area contributed by atoms with Crippen LogP contribution in [0.25, 0.3) is 0 Å². The van der Waals surface area contributed by atoms with Gasteiger partial charge in [0.2, 0.25) is 27.7 Å². The second-order valence-electron chi connectivity index (χ2n) is 7.04. The number of hydrogen-bond acceptors (Lipinski definition) is 6. The standard InChI is InChI=1S/C21H27N5O5S/c1-3-26(14-21(29)25-17-6-4-16(5-7-17)23-15(2)27)13-12-20(28)24-18-8-10-19(11-9-18)32(22,30)31/h4-11H,3,12-14H2,1-2H3,(H,23,27)(H,24,28)(H,25,29)(H2,22,30,31). The minimum atomic E-state index is -3.79. The number of benzene rings is 2. The van der Waals surface area contributed by atoms with Crippen molar-refractivity contribution in [1.29, 1.82) is 0 Å². The number of anilines is 3. The van der Waals surface area contributed by atoms with Gasteiger partial charge < -0.3 is 16.0 Å². The summed E-state index contributed by atoms with van der Waals surface area (Å²) in [6.07, 6.45) is 0.156. The van der Waals surface area contributed by atoms with Crippen molar-refractivity contribution in [2.75, 3.05) is 35.6 Å². The van der Waals surface area contributed by atoms with Crippen LogP contribution in [-0.2, 0) is 24.4 Å². The Morgan fingerprint density at radius 2 is 1.31 bits per heavy atom. The molecule has 0 radical (unpaired) electrons. The van der Waals surface area contributed by atoms with Gasteiger partial charge in [-0.1, -0.05) is 6.92 Å². The second-order valence-corrected chi connectivity index (χ2v) is 8.60. The summed E-state index contributed by atoms with van der Waals surface area (Å²) in [4.78, 5) is 37.3. The first-order chi connectivity index (χ1) is 15.1. The number of nitrogens with one attached hydrogen (secondary N) is 3. The van der Waals surface area contributed by atoms with E-state index in [2.05, 4.69) is 16.0 Å². The van der Waals surface area contributed by atoms with E-state index in [1.807, 2.05) is 11.8 Å². The van der Waals surface area contributed by atoms with Crippen molar-refractivity contribution in [2.24, 2.45) is 5.14 Å². The molecule has 0 fully saturated rings. The second kappa shape index (κ2) is 11.4. The number of likely N-dealkylation sites (N-methyl/N-ethyl adjacent to an activating group) is 1. The van der Waals surface area contributed by atoms with Crippen LogP contribution in [0, 0.1) is 0 Å². The molecule has 0 heterocycles. The molecule has 0 atom stereocenters. The summed E-state index contributed by atoms with van der Waals surface area (Å²) in [5.74, 6) is -0.663. The highest BCUT2D eigenvalue weighted by atomic mass is 32.2. The lowest BCUT2D eigenvalue weighted by Gasteiger charge is -2.19. The van der Waals surface area contributed by atoms with Crippen molar-refractivity contribution in [1.82, 2.24) is 4.90 Å². The number of hydrogen-bond donors (Lipinski definition) is 4. The predicted molar refractivity (Wildman–Crippen MR) is 123 cm³/mol. The minimum absolute atomic E-state index is 0.0385. The Morgan fingerprint density at radius 3 is 1.78 bits per heavy atom. The van der Waals surface area contributed by atoms with Crippen molar-refractivity contribution in [3.05, 3.63) is 48.5 Å². The third-order valence-electron chi connectivity index (χ3n) is 4.43. The third kappa shape index (κ3) is 8.46. The molecule has 2 aromatic carbocycles. The number of nitrogens with two attached hydrogens (primary N) is 1. The zero-order chi connectivity index (χ0) is 23.7. The van der Waals surface area contributed by atoms with Gasteiger partial charge in [-0.3, -0.25) is 19.3 Å². The van der Waals surface area contributed by atoms with Gasteiger partial charge in [0, 0.05) is 37.0 Å².